The van der Waals surface area contributed by atoms with Gasteiger partial charge in [0.2, 0.25) is 0 Å². The van der Waals surface area contributed by atoms with Gasteiger partial charge in [0.1, 0.15) is 5.76 Å². The fourth-order valence-electron chi connectivity index (χ4n) is 2.10. The van der Waals surface area contributed by atoms with Crippen LogP contribution in [0.1, 0.15) is 30.2 Å². The van der Waals surface area contributed by atoms with Crippen LogP contribution in [0, 0.1) is 0 Å². The predicted octanol–water partition coefficient (Wildman–Crippen LogP) is 4.24. The molecule has 0 saturated heterocycles. The van der Waals surface area contributed by atoms with Crippen molar-refractivity contribution in [2.24, 2.45) is 0 Å². The van der Waals surface area contributed by atoms with Gasteiger partial charge in [0.15, 0.2) is 0 Å². The first-order valence-corrected chi connectivity index (χ1v) is 8.53. The Balaban J connectivity index is 1.87. The lowest BCUT2D eigenvalue weighted by Gasteiger charge is -2.15. The highest BCUT2D eigenvalue weighted by Crippen LogP contribution is 2.22. The molecule has 0 aliphatic heterocycles. The second-order valence-corrected chi connectivity index (χ2v) is 7.27. The Morgan fingerprint density at radius 3 is 2.95 bits per heavy atom. The maximum Gasteiger partial charge on any atom is 0.122 e. The summed E-state index contributed by atoms with van der Waals surface area (Å²) in [4.78, 5) is 2.27. The largest absolute Gasteiger partial charge is 0.468 e. The zero-order valence-corrected chi connectivity index (χ0v) is 14.4. The van der Waals surface area contributed by atoms with E-state index in [9.17, 15) is 0 Å². The van der Waals surface area contributed by atoms with Crippen LogP contribution in [0.4, 0.5) is 0 Å². The number of nitrogens with zero attached hydrogens (tertiary/aromatic N) is 1. The fraction of sp³-hybridized carbons (Fsp3) is 0.467. The molecule has 2 aromatic heterocycles. The first-order valence-electron chi connectivity index (χ1n) is 6.86. The number of furan rings is 1. The SMILES string of the molecule is CCCNCc1ccoc1CN(C)Cc1csc(Br)c1. The average Bonchev–Trinajstić information content (AvgIpc) is 3.00. The van der Waals surface area contributed by atoms with Crippen molar-refractivity contribution in [1.29, 1.82) is 0 Å². The van der Waals surface area contributed by atoms with Crippen molar-refractivity contribution in [3.8, 4) is 0 Å². The highest BCUT2D eigenvalue weighted by molar-refractivity contribution is 9.11. The Kier molecular flexibility index (Phi) is 6.29. The van der Waals surface area contributed by atoms with Gasteiger partial charge in [-0.05, 0) is 59.0 Å². The molecule has 2 rings (SSSR count). The lowest BCUT2D eigenvalue weighted by Crippen LogP contribution is -2.19. The molecule has 0 atom stereocenters. The molecule has 0 spiro atoms. The van der Waals surface area contributed by atoms with Gasteiger partial charge >= 0.3 is 0 Å². The van der Waals surface area contributed by atoms with Gasteiger partial charge in [0.25, 0.3) is 0 Å². The molecule has 0 aromatic carbocycles. The van der Waals surface area contributed by atoms with Gasteiger partial charge in [-0.1, -0.05) is 6.92 Å². The fourth-order valence-corrected chi connectivity index (χ4v) is 3.30. The molecule has 2 heterocycles. The molecule has 3 nitrogen and oxygen atoms in total. The summed E-state index contributed by atoms with van der Waals surface area (Å²) in [7, 11) is 2.12. The topological polar surface area (TPSA) is 28.4 Å². The number of hydrogen-bond donors (Lipinski definition) is 1. The normalized spacial score (nSPS) is 11.4. The zero-order chi connectivity index (χ0) is 14.4. The molecule has 0 amide bonds. The number of rotatable bonds is 8. The van der Waals surface area contributed by atoms with E-state index in [1.165, 1.54) is 14.9 Å². The first-order chi connectivity index (χ1) is 9.69. The average molecular weight is 357 g/mol. The Bertz CT molecular complexity index is 523. The lowest BCUT2D eigenvalue weighted by atomic mass is 10.2. The van der Waals surface area contributed by atoms with Crippen molar-refractivity contribution in [1.82, 2.24) is 10.2 Å². The Labute approximate surface area is 133 Å². The Hall–Kier alpha value is -0.620. The molecule has 0 bridgehead atoms. The van der Waals surface area contributed by atoms with E-state index in [1.54, 1.807) is 17.6 Å². The maximum absolute atomic E-state index is 5.62. The van der Waals surface area contributed by atoms with E-state index >= 15 is 0 Å². The molecule has 1 N–H and O–H groups in total. The summed E-state index contributed by atoms with van der Waals surface area (Å²) in [5.41, 5.74) is 2.60. The quantitative estimate of drug-likeness (QED) is 0.717. The van der Waals surface area contributed by atoms with Crippen molar-refractivity contribution in [2.45, 2.75) is 33.0 Å². The van der Waals surface area contributed by atoms with E-state index in [0.29, 0.717) is 0 Å². The van der Waals surface area contributed by atoms with Gasteiger partial charge < -0.3 is 9.73 Å². The smallest absolute Gasteiger partial charge is 0.122 e. The van der Waals surface area contributed by atoms with Gasteiger partial charge in [-0.3, -0.25) is 4.90 Å². The number of thiophene rings is 1. The molecular formula is C15H21BrN2OS. The number of nitrogens with one attached hydrogen (secondary N) is 1. The second kappa shape index (κ2) is 7.98. The number of halogens is 1. The lowest BCUT2D eigenvalue weighted by molar-refractivity contribution is 0.286. The maximum atomic E-state index is 5.62. The van der Waals surface area contributed by atoms with E-state index in [2.05, 4.69) is 57.6 Å². The highest BCUT2D eigenvalue weighted by Gasteiger charge is 2.10. The summed E-state index contributed by atoms with van der Waals surface area (Å²) >= 11 is 5.23. The van der Waals surface area contributed by atoms with E-state index in [1.807, 2.05) is 0 Å². The van der Waals surface area contributed by atoms with Gasteiger partial charge in [0.05, 0.1) is 16.6 Å². The first kappa shape index (κ1) is 15.8. The molecule has 0 aliphatic carbocycles. The zero-order valence-electron chi connectivity index (χ0n) is 12.0. The van der Waals surface area contributed by atoms with Crippen LogP contribution >= 0.6 is 27.3 Å². The van der Waals surface area contributed by atoms with Crippen LogP contribution in [-0.4, -0.2) is 18.5 Å². The van der Waals surface area contributed by atoms with Crippen LogP contribution in [0.25, 0.3) is 0 Å². The van der Waals surface area contributed by atoms with Crippen molar-refractivity contribution in [2.75, 3.05) is 13.6 Å². The highest BCUT2D eigenvalue weighted by atomic mass is 79.9. The molecule has 0 radical (unpaired) electrons. The molecular weight excluding hydrogens is 336 g/mol. The van der Waals surface area contributed by atoms with Gasteiger partial charge in [-0.25, -0.2) is 0 Å². The minimum atomic E-state index is 0.837. The third-order valence-corrected chi connectivity index (χ3v) is 4.62. The van der Waals surface area contributed by atoms with Crippen LogP contribution in [0.3, 0.4) is 0 Å². The van der Waals surface area contributed by atoms with Gasteiger partial charge in [0, 0.05) is 18.7 Å². The third kappa shape index (κ3) is 4.74. The number of hydrogen-bond acceptors (Lipinski definition) is 4. The third-order valence-electron chi connectivity index (χ3n) is 3.07. The van der Waals surface area contributed by atoms with E-state index < -0.39 is 0 Å². The molecule has 0 unspecified atom stereocenters. The van der Waals surface area contributed by atoms with Crippen LogP contribution in [0.15, 0.2) is 32.0 Å². The van der Waals surface area contributed by atoms with Crippen molar-refractivity contribution >= 4 is 27.3 Å². The summed E-state index contributed by atoms with van der Waals surface area (Å²) in [6.07, 6.45) is 2.94. The second-order valence-electron chi connectivity index (χ2n) is 4.98. The Morgan fingerprint density at radius 1 is 1.40 bits per heavy atom. The minimum absolute atomic E-state index is 0.837. The summed E-state index contributed by atoms with van der Waals surface area (Å²) in [5, 5.41) is 5.61. The van der Waals surface area contributed by atoms with Crippen molar-refractivity contribution in [3.63, 3.8) is 0 Å². The molecule has 110 valence electrons. The molecule has 5 heteroatoms. The molecule has 20 heavy (non-hydrogen) atoms. The van der Waals surface area contributed by atoms with Crippen LogP contribution in [-0.2, 0) is 19.6 Å². The summed E-state index contributed by atoms with van der Waals surface area (Å²) < 4.78 is 6.80. The van der Waals surface area contributed by atoms with Crippen LogP contribution in [0.2, 0.25) is 0 Å². The summed E-state index contributed by atoms with van der Waals surface area (Å²) in [6, 6.07) is 4.24. The van der Waals surface area contributed by atoms with Crippen LogP contribution < -0.4 is 5.32 Å². The Morgan fingerprint density at radius 2 is 2.25 bits per heavy atom. The summed E-state index contributed by atoms with van der Waals surface area (Å²) in [6.45, 7) is 5.88. The predicted molar refractivity (Wildman–Crippen MR) is 87.9 cm³/mol. The standard InChI is InChI=1S/C15H21BrN2OS/c1-3-5-17-8-13-4-6-19-14(13)10-18(2)9-12-7-15(16)20-11-12/h4,6-7,11,17H,3,5,8-10H2,1-2H3. The van der Waals surface area contributed by atoms with Gasteiger partial charge in [-0.15, -0.1) is 11.3 Å². The molecule has 0 fully saturated rings. The van der Waals surface area contributed by atoms with Crippen molar-refractivity contribution in [3.05, 3.63) is 44.4 Å². The summed E-state index contributed by atoms with van der Waals surface area (Å²) in [5.74, 6) is 1.06. The monoisotopic (exact) mass is 356 g/mol. The van der Waals surface area contributed by atoms with Crippen LogP contribution in [0.5, 0.6) is 0 Å². The van der Waals surface area contributed by atoms with Crippen molar-refractivity contribution < 1.29 is 4.42 Å². The van der Waals surface area contributed by atoms with E-state index in [-0.39, 0.29) is 0 Å². The van der Waals surface area contributed by atoms with E-state index in [4.69, 9.17) is 4.42 Å². The van der Waals surface area contributed by atoms with Gasteiger partial charge in [-0.2, -0.15) is 0 Å². The molecule has 0 aliphatic rings. The molecule has 0 saturated carbocycles. The molecule has 2 aromatic rings. The van der Waals surface area contributed by atoms with E-state index in [0.717, 1.165) is 38.4 Å². The minimum Gasteiger partial charge on any atom is -0.468 e.